The monoisotopic (exact) mass is 440 g/mol. The van der Waals surface area contributed by atoms with Crippen molar-refractivity contribution < 1.29 is 23.1 Å². The first-order valence-corrected chi connectivity index (χ1v) is 10.1. The Hall–Kier alpha value is -3.75. The number of imidazole rings is 1. The summed E-state index contributed by atoms with van der Waals surface area (Å²) in [6, 6.07) is 9.79. The fraction of sp³-hybridized carbons (Fsp3) is 0.261. The van der Waals surface area contributed by atoms with Crippen molar-refractivity contribution in [2.24, 2.45) is 0 Å². The number of ether oxygens (including phenoxy) is 1. The summed E-state index contributed by atoms with van der Waals surface area (Å²) in [6.07, 6.45) is 2.14. The molecule has 4 rings (SSSR count). The van der Waals surface area contributed by atoms with E-state index in [2.05, 4.69) is 15.3 Å². The van der Waals surface area contributed by atoms with Gasteiger partial charge in [0.05, 0.1) is 19.1 Å². The van der Waals surface area contributed by atoms with Crippen LogP contribution in [0.4, 0.5) is 13.6 Å². The zero-order valence-corrected chi connectivity index (χ0v) is 17.3. The standard InChI is InChI=1S/C23H22F2N4O3/c1-32-22(30)19(11-14-5-3-2-4-6-14)28-23(31)29-10-9-18-20(27-13-26-18)21(29)16-12-15(24)7-8-17(16)25/h2-8,12-13,19,21H,9-11H2,1H3,(H,26,27)(H,28,31)/t19-,21+/m0/s1. The van der Waals surface area contributed by atoms with Crippen LogP contribution in [0.3, 0.4) is 0 Å². The van der Waals surface area contributed by atoms with Gasteiger partial charge < -0.3 is 19.9 Å². The second kappa shape index (κ2) is 9.17. The van der Waals surface area contributed by atoms with Crippen LogP contribution in [0.2, 0.25) is 0 Å². The van der Waals surface area contributed by atoms with E-state index in [9.17, 15) is 18.4 Å². The molecule has 0 radical (unpaired) electrons. The molecular formula is C23H22F2N4O3. The number of hydrogen-bond acceptors (Lipinski definition) is 4. The second-order valence-corrected chi connectivity index (χ2v) is 7.49. The average molecular weight is 440 g/mol. The summed E-state index contributed by atoms with van der Waals surface area (Å²) >= 11 is 0. The highest BCUT2D eigenvalue weighted by atomic mass is 19.1. The SMILES string of the molecule is COC(=O)[C@H](Cc1ccccc1)NC(=O)N1CCc2[nH]cnc2[C@H]1c1cc(F)ccc1F. The topological polar surface area (TPSA) is 87.3 Å². The summed E-state index contributed by atoms with van der Waals surface area (Å²) in [5.41, 5.74) is 2.01. The Labute approximate surface area is 183 Å². The van der Waals surface area contributed by atoms with Gasteiger partial charge in [0, 0.05) is 30.6 Å². The maximum absolute atomic E-state index is 14.7. The van der Waals surface area contributed by atoms with Crippen LogP contribution in [0, 0.1) is 11.6 Å². The number of urea groups is 1. The fourth-order valence-corrected chi connectivity index (χ4v) is 3.95. The molecule has 0 spiro atoms. The van der Waals surface area contributed by atoms with E-state index in [0.717, 1.165) is 29.5 Å². The number of amides is 2. The molecule has 9 heteroatoms. The minimum Gasteiger partial charge on any atom is -0.467 e. The number of halogens is 2. The van der Waals surface area contributed by atoms with Crippen LogP contribution in [0.15, 0.2) is 54.9 Å². The summed E-state index contributed by atoms with van der Waals surface area (Å²) in [5.74, 6) is -1.88. The number of carbonyl (C=O) groups is 2. The molecule has 0 saturated heterocycles. The first kappa shape index (κ1) is 21.5. The van der Waals surface area contributed by atoms with Crippen LogP contribution in [0.25, 0.3) is 0 Å². The highest BCUT2D eigenvalue weighted by Gasteiger charge is 2.37. The molecule has 2 heterocycles. The number of aromatic amines is 1. The molecule has 32 heavy (non-hydrogen) atoms. The minimum absolute atomic E-state index is 0.00845. The van der Waals surface area contributed by atoms with Crippen molar-refractivity contribution in [3.8, 4) is 0 Å². The van der Waals surface area contributed by atoms with Gasteiger partial charge in [-0.25, -0.2) is 23.4 Å². The number of benzene rings is 2. The first-order chi connectivity index (χ1) is 15.5. The van der Waals surface area contributed by atoms with Gasteiger partial charge in [-0.3, -0.25) is 0 Å². The molecule has 0 saturated carbocycles. The number of aromatic nitrogens is 2. The number of esters is 1. The Bertz CT molecular complexity index is 1120. The zero-order chi connectivity index (χ0) is 22.7. The van der Waals surface area contributed by atoms with E-state index in [4.69, 9.17) is 4.74 Å². The van der Waals surface area contributed by atoms with E-state index >= 15 is 0 Å². The molecule has 1 aromatic heterocycles. The third-order valence-electron chi connectivity index (χ3n) is 5.50. The lowest BCUT2D eigenvalue weighted by atomic mass is 9.95. The lowest BCUT2D eigenvalue weighted by Gasteiger charge is -2.36. The van der Waals surface area contributed by atoms with Crippen LogP contribution in [-0.2, 0) is 22.4 Å². The van der Waals surface area contributed by atoms with Crippen molar-refractivity contribution in [3.05, 3.63) is 89.0 Å². The maximum Gasteiger partial charge on any atom is 0.328 e. The van der Waals surface area contributed by atoms with E-state index in [1.165, 1.54) is 18.3 Å². The molecule has 3 aromatic rings. The highest BCUT2D eigenvalue weighted by molar-refractivity contribution is 5.84. The Balaban J connectivity index is 1.64. The predicted octanol–water partition coefficient (Wildman–Crippen LogP) is 3.13. The number of methoxy groups -OCH3 is 1. The predicted molar refractivity (Wildman–Crippen MR) is 112 cm³/mol. The lowest BCUT2D eigenvalue weighted by molar-refractivity contribution is -0.142. The van der Waals surface area contributed by atoms with Gasteiger partial charge in [0.1, 0.15) is 23.7 Å². The van der Waals surface area contributed by atoms with Crippen molar-refractivity contribution in [2.45, 2.75) is 24.9 Å². The number of rotatable bonds is 5. The highest BCUT2D eigenvalue weighted by Crippen LogP contribution is 2.35. The Morgan fingerprint density at radius 3 is 2.78 bits per heavy atom. The number of nitrogens with one attached hydrogen (secondary N) is 2. The summed E-state index contributed by atoms with van der Waals surface area (Å²) in [6.45, 7) is 0.223. The van der Waals surface area contributed by atoms with Gasteiger partial charge >= 0.3 is 12.0 Å². The molecule has 0 unspecified atom stereocenters. The molecule has 0 bridgehead atoms. The summed E-state index contributed by atoms with van der Waals surface area (Å²) < 4.78 is 33.5. The molecule has 2 amide bonds. The van der Waals surface area contributed by atoms with E-state index in [0.29, 0.717) is 12.1 Å². The van der Waals surface area contributed by atoms with Crippen LogP contribution in [0.1, 0.15) is 28.6 Å². The third kappa shape index (κ3) is 4.32. The van der Waals surface area contributed by atoms with Crippen molar-refractivity contribution in [1.82, 2.24) is 20.2 Å². The molecular weight excluding hydrogens is 418 g/mol. The van der Waals surface area contributed by atoms with Crippen molar-refractivity contribution >= 4 is 12.0 Å². The number of nitrogens with zero attached hydrogens (tertiary/aromatic N) is 2. The van der Waals surface area contributed by atoms with Crippen molar-refractivity contribution in [3.63, 3.8) is 0 Å². The quantitative estimate of drug-likeness (QED) is 0.597. The molecule has 2 N–H and O–H groups in total. The van der Waals surface area contributed by atoms with Gasteiger partial charge in [-0.2, -0.15) is 0 Å². The number of hydrogen-bond donors (Lipinski definition) is 2. The molecule has 7 nitrogen and oxygen atoms in total. The molecule has 0 aliphatic carbocycles. The van der Waals surface area contributed by atoms with E-state index in [1.54, 1.807) is 0 Å². The number of fused-ring (bicyclic) bond motifs is 1. The molecule has 1 aliphatic rings. The normalized spacial score (nSPS) is 16.2. The average Bonchev–Trinajstić information content (AvgIpc) is 3.28. The van der Waals surface area contributed by atoms with Gasteiger partial charge in [0.15, 0.2) is 0 Å². The number of H-pyrrole nitrogens is 1. The first-order valence-electron chi connectivity index (χ1n) is 10.1. The molecule has 166 valence electrons. The summed E-state index contributed by atoms with van der Waals surface area (Å²) in [5, 5.41) is 2.70. The van der Waals surface area contributed by atoms with Gasteiger partial charge in [0.2, 0.25) is 0 Å². The second-order valence-electron chi connectivity index (χ2n) is 7.49. The summed E-state index contributed by atoms with van der Waals surface area (Å²) in [4.78, 5) is 34.3. The lowest BCUT2D eigenvalue weighted by Crippen LogP contribution is -2.52. The zero-order valence-electron chi connectivity index (χ0n) is 17.3. The third-order valence-corrected chi connectivity index (χ3v) is 5.50. The van der Waals surface area contributed by atoms with Crippen molar-refractivity contribution in [1.29, 1.82) is 0 Å². The molecule has 1 aliphatic heterocycles. The molecule has 2 aromatic carbocycles. The largest absolute Gasteiger partial charge is 0.467 e. The van der Waals surface area contributed by atoms with Crippen LogP contribution in [-0.4, -0.2) is 46.6 Å². The van der Waals surface area contributed by atoms with E-state index in [1.807, 2.05) is 30.3 Å². The van der Waals surface area contributed by atoms with Crippen LogP contribution in [0.5, 0.6) is 0 Å². The van der Waals surface area contributed by atoms with Crippen LogP contribution >= 0.6 is 0 Å². The minimum atomic E-state index is -0.950. The Morgan fingerprint density at radius 1 is 1.25 bits per heavy atom. The van der Waals surface area contributed by atoms with Crippen molar-refractivity contribution in [2.75, 3.05) is 13.7 Å². The van der Waals surface area contributed by atoms with Gasteiger partial charge in [-0.1, -0.05) is 30.3 Å². The molecule has 0 fully saturated rings. The fourth-order valence-electron chi connectivity index (χ4n) is 3.95. The Morgan fingerprint density at radius 2 is 2.03 bits per heavy atom. The number of carbonyl (C=O) groups excluding carboxylic acids is 2. The Kier molecular flexibility index (Phi) is 6.16. The van der Waals surface area contributed by atoms with Gasteiger partial charge in [-0.15, -0.1) is 0 Å². The van der Waals surface area contributed by atoms with E-state index in [-0.39, 0.29) is 18.5 Å². The maximum atomic E-state index is 14.7. The van der Waals surface area contributed by atoms with Gasteiger partial charge in [-0.05, 0) is 23.8 Å². The van der Waals surface area contributed by atoms with E-state index < -0.39 is 35.7 Å². The smallest absolute Gasteiger partial charge is 0.328 e. The molecule has 2 atom stereocenters. The van der Waals surface area contributed by atoms with Gasteiger partial charge in [0.25, 0.3) is 0 Å². The summed E-state index contributed by atoms with van der Waals surface area (Å²) in [7, 11) is 1.24. The van der Waals surface area contributed by atoms with Crippen LogP contribution < -0.4 is 5.32 Å².